The summed E-state index contributed by atoms with van der Waals surface area (Å²) in [4.78, 5) is 25.4. The Kier molecular flexibility index (Phi) is 14.6. The standard InChI is InChI=1S/C40H52O6/c1-4-7-9-10-11-12-13-15-29-43-34-23-21-33(22-24-34)39(41)44-35-25-17-31(18-26-35)32-19-27-36(28-20-32)45-40(42)38-37(46-38)30(6-3)16-14-8-5-2/h17-28,30,37-38H,4-16,29H2,1-3H3/t30?,37-,38+/m0/s1. The van der Waals surface area contributed by atoms with Gasteiger partial charge in [0.25, 0.3) is 0 Å². The summed E-state index contributed by atoms with van der Waals surface area (Å²) in [6.45, 7) is 7.28. The molecule has 0 radical (unpaired) electrons. The van der Waals surface area contributed by atoms with Crippen LogP contribution in [-0.4, -0.2) is 30.8 Å². The van der Waals surface area contributed by atoms with E-state index < -0.39 is 12.1 Å². The topological polar surface area (TPSA) is 74.4 Å². The van der Waals surface area contributed by atoms with Gasteiger partial charge in [0.1, 0.15) is 17.2 Å². The summed E-state index contributed by atoms with van der Waals surface area (Å²) in [5.41, 5.74) is 2.39. The molecule has 0 bridgehead atoms. The first-order chi connectivity index (χ1) is 22.5. The summed E-state index contributed by atoms with van der Waals surface area (Å²) in [6, 6.07) is 21.9. The molecule has 1 fully saturated rings. The first-order valence-electron chi connectivity index (χ1n) is 17.5. The molecule has 0 N–H and O–H groups in total. The molecule has 1 aliphatic heterocycles. The second-order valence-electron chi connectivity index (χ2n) is 12.4. The van der Waals surface area contributed by atoms with Crippen molar-refractivity contribution < 1.29 is 28.5 Å². The lowest BCUT2D eigenvalue weighted by Crippen LogP contribution is -2.20. The fourth-order valence-electron chi connectivity index (χ4n) is 5.81. The van der Waals surface area contributed by atoms with Gasteiger partial charge >= 0.3 is 11.9 Å². The Bertz CT molecular complexity index is 1320. The molecule has 248 valence electrons. The molecule has 1 saturated heterocycles. The Morgan fingerprint density at radius 2 is 1.15 bits per heavy atom. The Hall–Kier alpha value is -3.64. The maximum Gasteiger partial charge on any atom is 0.343 e. The second kappa shape index (κ2) is 19.1. The monoisotopic (exact) mass is 628 g/mol. The molecule has 1 unspecified atom stereocenters. The van der Waals surface area contributed by atoms with Crippen LogP contribution in [0.3, 0.4) is 0 Å². The van der Waals surface area contributed by atoms with Crippen LogP contribution in [-0.2, 0) is 9.53 Å². The largest absolute Gasteiger partial charge is 0.494 e. The van der Waals surface area contributed by atoms with Crippen molar-refractivity contribution in [2.75, 3.05) is 6.61 Å². The lowest BCUT2D eigenvalue weighted by molar-refractivity contribution is -0.135. The van der Waals surface area contributed by atoms with Crippen LogP contribution in [0.15, 0.2) is 72.8 Å². The molecule has 6 heteroatoms. The predicted molar refractivity (Wildman–Crippen MR) is 184 cm³/mol. The van der Waals surface area contributed by atoms with Gasteiger partial charge in [-0.25, -0.2) is 9.59 Å². The van der Waals surface area contributed by atoms with E-state index in [2.05, 4.69) is 20.8 Å². The normalized spacial score (nSPS) is 16.1. The average molecular weight is 629 g/mol. The molecule has 1 aliphatic rings. The molecular weight excluding hydrogens is 576 g/mol. The first kappa shape index (κ1) is 35.2. The van der Waals surface area contributed by atoms with E-state index in [9.17, 15) is 9.59 Å². The van der Waals surface area contributed by atoms with E-state index in [1.165, 1.54) is 64.2 Å². The van der Waals surface area contributed by atoms with Gasteiger partial charge in [-0.3, -0.25) is 0 Å². The quantitative estimate of drug-likeness (QED) is 0.0506. The van der Waals surface area contributed by atoms with Gasteiger partial charge in [-0.1, -0.05) is 116 Å². The van der Waals surface area contributed by atoms with Crippen molar-refractivity contribution in [2.45, 2.75) is 116 Å². The molecule has 3 aromatic carbocycles. The zero-order valence-electron chi connectivity index (χ0n) is 28.0. The van der Waals surface area contributed by atoms with Gasteiger partial charge in [-0.2, -0.15) is 0 Å². The highest BCUT2D eigenvalue weighted by Crippen LogP contribution is 2.36. The fraction of sp³-hybridized carbons (Fsp3) is 0.500. The van der Waals surface area contributed by atoms with E-state index in [1.807, 2.05) is 36.4 Å². The molecule has 3 atom stereocenters. The Morgan fingerprint density at radius 3 is 1.74 bits per heavy atom. The Labute approximate surface area is 275 Å². The molecule has 3 aromatic rings. The molecule has 1 heterocycles. The number of hydrogen-bond acceptors (Lipinski definition) is 6. The molecule has 0 saturated carbocycles. The zero-order chi connectivity index (χ0) is 32.6. The van der Waals surface area contributed by atoms with Gasteiger partial charge in [-0.05, 0) is 78.4 Å². The van der Waals surface area contributed by atoms with E-state index >= 15 is 0 Å². The van der Waals surface area contributed by atoms with Crippen LogP contribution in [0.25, 0.3) is 11.1 Å². The number of carbonyl (C=O) groups excluding carboxylic acids is 2. The van der Waals surface area contributed by atoms with Crippen LogP contribution in [0.5, 0.6) is 17.2 Å². The number of rotatable bonds is 21. The molecule has 0 amide bonds. The van der Waals surface area contributed by atoms with Gasteiger partial charge in [-0.15, -0.1) is 0 Å². The third-order valence-electron chi connectivity index (χ3n) is 8.75. The molecule has 0 aromatic heterocycles. The van der Waals surface area contributed by atoms with Crippen molar-refractivity contribution in [3.05, 3.63) is 78.4 Å². The zero-order valence-corrected chi connectivity index (χ0v) is 28.0. The van der Waals surface area contributed by atoms with Crippen LogP contribution >= 0.6 is 0 Å². The van der Waals surface area contributed by atoms with E-state index in [4.69, 9.17) is 18.9 Å². The maximum atomic E-state index is 12.7. The van der Waals surface area contributed by atoms with Crippen molar-refractivity contribution in [1.82, 2.24) is 0 Å². The predicted octanol–water partition coefficient (Wildman–Crippen LogP) is 10.4. The highest BCUT2D eigenvalue weighted by molar-refractivity contribution is 5.91. The molecular formula is C40H52O6. The van der Waals surface area contributed by atoms with E-state index in [0.717, 1.165) is 36.1 Å². The fourth-order valence-corrected chi connectivity index (χ4v) is 5.81. The SMILES string of the molecule is CCCCCCCCCCOc1ccc(C(=O)Oc2ccc(-c3ccc(OC(=O)[C@@H]4O[C@H]4C(CC)CCCCC)cc3)cc2)cc1. The average Bonchev–Trinajstić information content (AvgIpc) is 3.88. The number of ether oxygens (including phenoxy) is 4. The van der Waals surface area contributed by atoms with Gasteiger partial charge in [0.05, 0.1) is 18.3 Å². The number of esters is 2. The number of benzene rings is 3. The minimum absolute atomic E-state index is 0.0241. The Morgan fingerprint density at radius 1 is 0.630 bits per heavy atom. The smallest absolute Gasteiger partial charge is 0.343 e. The third kappa shape index (κ3) is 11.3. The van der Waals surface area contributed by atoms with Gasteiger partial charge in [0.2, 0.25) is 0 Å². The highest BCUT2D eigenvalue weighted by atomic mass is 16.6. The van der Waals surface area contributed by atoms with Crippen molar-refractivity contribution in [1.29, 1.82) is 0 Å². The summed E-state index contributed by atoms with van der Waals surface area (Å²) in [6.07, 6.45) is 15.3. The maximum absolute atomic E-state index is 12.7. The number of carbonyl (C=O) groups is 2. The summed E-state index contributed by atoms with van der Waals surface area (Å²) < 4.78 is 22.8. The molecule has 0 aliphatic carbocycles. The molecule has 46 heavy (non-hydrogen) atoms. The lowest BCUT2D eigenvalue weighted by Gasteiger charge is -2.11. The third-order valence-corrected chi connectivity index (χ3v) is 8.75. The van der Waals surface area contributed by atoms with Crippen LogP contribution in [0, 0.1) is 5.92 Å². The van der Waals surface area contributed by atoms with E-state index in [1.54, 1.807) is 36.4 Å². The summed E-state index contributed by atoms with van der Waals surface area (Å²) >= 11 is 0. The van der Waals surface area contributed by atoms with Crippen LogP contribution in [0.4, 0.5) is 0 Å². The number of epoxide rings is 1. The van der Waals surface area contributed by atoms with E-state index in [0.29, 0.717) is 29.6 Å². The van der Waals surface area contributed by atoms with Crippen molar-refractivity contribution >= 4 is 11.9 Å². The van der Waals surface area contributed by atoms with Crippen LogP contribution in [0.2, 0.25) is 0 Å². The van der Waals surface area contributed by atoms with Crippen molar-refractivity contribution in [3.63, 3.8) is 0 Å². The summed E-state index contributed by atoms with van der Waals surface area (Å²) in [5.74, 6) is 1.40. The first-order valence-corrected chi connectivity index (χ1v) is 17.5. The molecule has 0 spiro atoms. The minimum Gasteiger partial charge on any atom is -0.494 e. The van der Waals surface area contributed by atoms with E-state index in [-0.39, 0.29) is 12.1 Å². The Balaban J connectivity index is 1.17. The molecule has 6 nitrogen and oxygen atoms in total. The second-order valence-corrected chi connectivity index (χ2v) is 12.4. The highest BCUT2D eigenvalue weighted by Gasteiger charge is 2.50. The van der Waals surface area contributed by atoms with Crippen molar-refractivity contribution in [3.8, 4) is 28.4 Å². The van der Waals surface area contributed by atoms with Crippen molar-refractivity contribution in [2.24, 2.45) is 5.92 Å². The number of unbranched alkanes of at least 4 members (excludes halogenated alkanes) is 9. The van der Waals surface area contributed by atoms with Gasteiger partial charge in [0.15, 0.2) is 6.10 Å². The number of hydrogen-bond donors (Lipinski definition) is 0. The van der Waals surface area contributed by atoms with Gasteiger partial charge < -0.3 is 18.9 Å². The van der Waals surface area contributed by atoms with Gasteiger partial charge in [0, 0.05) is 0 Å². The van der Waals surface area contributed by atoms with Crippen LogP contribution in [0.1, 0.15) is 115 Å². The lowest BCUT2D eigenvalue weighted by atomic mass is 9.93. The minimum atomic E-state index is -0.461. The summed E-state index contributed by atoms with van der Waals surface area (Å²) in [5, 5.41) is 0. The van der Waals surface area contributed by atoms with Crippen LogP contribution < -0.4 is 14.2 Å². The molecule has 4 rings (SSSR count). The summed E-state index contributed by atoms with van der Waals surface area (Å²) in [7, 11) is 0.